The van der Waals surface area contributed by atoms with Gasteiger partial charge < -0.3 is 49.3 Å². The summed E-state index contributed by atoms with van der Waals surface area (Å²) in [6.07, 6.45) is -7.25. The maximum Gasteiger partial charge on any atom is 0.308 e. The maximum atomic E-state index is 12.7. The van der Waals surface area contributed by atoms with E-state index in [4.69, 9.17) is 18.6 Å². The number of hydrogen-bond acceptors (Lipinski definition) is 12. The molecule has 1 aromatic heterocycles. The van der Waals surface area contributed by atoms with Crippen LogP contribution in [0.15, 0.2) is 45.6 Å². The summed E-state index contributed by atoms with van der Waals surface area (Å²) in [7, 11) is 0. The van der Waals surface area contributed by atoms with E-state index in [9.17, 15) is 40.2 Å². The van der Waals surface area contributed by atoms with Crippen LogP contribution < -0.4 is 10.2 Å². The monoisotopic (exact) mass is 532 g/mol. The molecule has 1 saturated heterocycles. The fourth-order valence-corrected chi connectivity index (χ4v) is 3.89. The molecule has 0 aliphatic carbocycles. The number of carbonyl (C=O) groups is 1. The van der Waals surface area contributed by atoms with Crippen molar-refractivity contribution in [3.63, 3.8) is 0 Å². The second kappa shape index (κ2) is 10.9. The maximum absolute atomic E-state index is 12.7. The predicted octanol–water partition coefficient (Wildman–Crippen LogP) is 1.35. The highest BCUT2D eigenvalue weighted by Gasteiger charge is 2.45. The van der Waals surface area contributed by atoms with E-state index < -0.39 is 60.2 Å². The average Bonchev–Trinajstić information content (AvgIpc) is 2.88. The summed E-state index contributed by atoms with van der Waals surface area (Å²) < 4.78 is 22.1. The van der Waals surface area contributed by atoms with Crippen molar-refractivity contribution in [2.24, 2.45) is 5.92 Å². The smallest absolute Gasteiger partial charge is 0.308 e. The standard InChI is InChI=1S/C26H28O12/c1-3-11(2)25(34)35-10-20-22(31)23(32)24(33)26(38-20)36-13-7-16(29)21-17(30)9-18(37-19(21)8-13)12-4-5-14(27)15(28)6-12/h4-9,11,20,22-24,26-29,31-33H,3,10H2,1-2H3/t11-,20-,22+,23-,24+,26+/m0/s1. The molecule has 4 rings (SSSR count). The number of fused-ring (bicyclic) bond motifs is 1. The van der Waals surface area contributed by atoms with Gasteiger partial charge in [-0.05, 0) is 24.6 Å². The molecule has 12 heteroatoms. The Morgan fingerprint density at radius 3 is 2.39 bits per heavy atom. The minimum absolute atomic E-state index is 0.0185. The zero-order chi connectivity index (χ0) is 27.7. The summed E-state index contributed by atoms with van der Waals surface area (Å²) in [6, 6.07) is 7.23. The highest BCUT2D eigenvalue weighted by Crippen LogP contribution is 2.35. The van der Waals surface area contributed by atoms with Crippen LogP contribution in [0.4, 0.5) is 0 Å². The Morgan fingerprint density at radius 2 is 1.71 bits per heavy atom. The largest absolute Gasteiger partial charge is 0.507 e. The number of carbonyl (C=O) groups excluding carboxylic acids is 1. The van der Waals surface area contributed by atoms with E-state index in [1.165, 1.54) is 24.3 Å². The normalized spacial score (nSPS) is 24.2. The Balaban J connectivity index is 1.61. The van der Waals surface area contributed by atoms with Gasteiger partial charge in [-0.15, -0.1) is 0 Å². The molecule has 6 N–H and O–H groups in total. The summed E-state index contributed by atoms with van der Waals surface area (Å²) >= 11 is 0. The first kappa shape index (κ1) is 27.2. The van der Waals surface area contributed by atoms with Crippen LogP contribution in [0.3, 0.4) is 0 Å². The second-order valence-electron chi connectivity index (χ2n) is 9.07. The van der Waals surface area contributed by atoms with Gasteiger partial charge in [0.2, 0.25) is 6.29 Å². The van der Waals surface area contributed by atoms with Crippen molar-refractivity contribution < 1.29 is 54.1 Å². The summed E-state index contributed by atoms with van der Waals surface area (Å²) in [4.78, 5) is 24.7. The molecule has 0 radical (unpaired) electrons. The molecule has 0 saturated carbocycles. The van der Waals surface area contributed by atoms with Gasteiger partial charge in [0.25, 0.3) is 0 Å². The quantitative estimate of drug-likeness (QED) is 0.189. The minimum atomic E-state index is -1.72. The molecule has 0 unspecified atom stereocenters. The molecule has 2 heterocycles. The van der Waals surface area contributed by atoms with E-state index >= 15 is 0 Å². The fourth-order valence-electron chi connectivity index (χ4n) is 3.89. The van der Waals surface area contributed by atoms with Crippen molar-refractivity contribution in [2.45, 2.75) is 51.0 Å². The predicted molar refractivity (Wildman–Crippen MR) is 131 cm³/mol. The van der Waals surface area contributed by atoms with Crippen molar-refractivity contribution in [2.75, 3.05) is 6.61 Å². The molecular weight excluding hydrogens is 504 g/mol. The van der Waals surface area contributed by atoms with Crippen LogP contribution in [0.1, 0.15) is 20.3 Å². The second-order valence-corrected chi connectivity index (χ2v) is 9.07. The van der Waals surface area contributed by atoms with Crippen LogP contribution in [0.25, 0.3) is 22.3 Å². The third kappa shape index (κ3) is 5.38. The molecule has 1 aliphatic heterocycles. The van der Waals surface area contributed by atoms with E-state index in [2.05, 4.69) is 0 Å². The van der Waals surface area contributed by atoms with Gasteiger partial charge in [-0.25, -0.2) is 0 Å². The number of hydrogen-bond donors (Lipinski definition) is 6. The van der Waals surface area contributed by atoms with Crippen molar-refractivity contribution in [3.8, 4) is 34.3 Å². The van der Waals surface area contributed by atoms with Crippen LogP contribution in [0.2, 0.25) is 0 Å². The van der Waals surface area contributed by atoms with E-state index in [1.54, 1.807) is 13.8 Å². The topological polar surface area (TPSA) is 196 Å². The number of phenolic OH excluding ortho intramolecular Hbond substituents is 3. The lowest BCUT2D eigenvalue weighted by molar-refractivity contribution is -0.278. The van der Waals surface area contributed by atoms with Gasteiger partial charge in [-0.3, -0.25) is 9.59 Å². The number of esters is 1. The first-order valence-corrected chi connectivity index (χ1v) is 11.9. The Bertz CT molecular complexity index is 1380. The van der Waals surface area contributed by atoms with Crippen LogP contribution in [-0.4, -0.2) is 73.9 Å². The molecular formula is C26H28O12. The summed E-state index contributed by atoms with van der Waals surface area (Å²) in [5, 5.41) is 60.6. The third-order valence-corrected chi connectivity index (χ3v) is 6.37. The molecule has 6 atom stereocenters. The third-order valence-electron chi connectivity index (χ3n) is 6.37. The Morgan fingerprint density at radius 1 is 0.974 bits per heavy atom. The first-order valence-electron chi connectivity index (χ1n) is 11.9. The van der Waals surface area contributed by atoms with Crippen LogP contribution in [0.5, 0.6) is 23.0 Å². The Labute approximate surface area is 215 Å². The number of aromatic hydroxyl groups is 3. The highest BCUT2D eigenvalue weighted by atomic mass is 16.7. The Hall–Kier alpha value is -3.84. The van der Waals surface area contributed by atoms with Gasteiger partial charge in [0.05, 0.1) is 5.92 Å². The van der Waals surface area contributed by atoms with Gasteiger partial charge >= 0.3 is 5.97 Å². The van der Waals surface area contributed by atoms with Crippen LogP contribution in [0, 0.1) is 5.92 Å². The molecule has 0 bridgehead atoms. The number of rotatable bonds is 7. The molecule has 1 fully saturated rings. The molecule has 0 spiro atoms. The molecule has 38 heavy (non-hydrogen) atoms. The summed E-state index contributed by atoms with van der Waals surface area (Å²) in [6.45, 7) is 3.07. The molecule has 1 aliphatic rings. The van der Waals surface area contributed by atoms with Crippen LogP contribution >= 0.6 is 0 Å². The van der Waals surface area contributed by atoms with Gasteiger partial charge in [-0.2, -0.15) is 0 Å². The van der Waals surface area contributed by atoms with E-state index in [0.29, 0.717) is 6.42 Å². The van der Waals surface area contributed by atoms with Crippen molar-refractivity contribution >= 4 is 16.9 Å². The van der Waals surface area contributed by atoms with Crippen molar-refractivity contribution in [3.05, 3.63) is 46.6 Å². The number of aliphatic hydroxyl groups excluding tert-OH is 3. The van der Waals surface area contributed by atoms with E-state index in [-0.39, 0.29) is 39.7 Å². The molecule has 12 nitrogen and oxygen atoms in total. The first-order chi connectivity index (χ1) is 18.0. The van der Waals surface area contributed by atoms with Gasteiger partial charge in [-0.1, -0.05) is 13.8 Å². The minimum Gasteiger partial charge on any atom is -0.507 e. The zero-order valence-corrected chi connectivity index (χ0v) is 20.5. The molecule has 0 amide bonds. The SMILES string of the molecule is CC[C@H](C)C(=O)OC[C@@H]1O[C@@H](Oc2cc(O)c3c(=O)cc(-c4ccc(O)c(O)c4)oc3c2)[C@H](O)[C@@H](O)[C@@H]1O. The number of aliphatic hydroxyl groups is 3. The number of benzene rings is 2. The molecule has 2 aromatic carbocycles. The molecule has 3 aromatic rings. The fraction of sp³-hybridized carbons (Fsp3) is 0.385. The summed E-state index contributed by atoms with van der Waals surface area (Å²) in [5.41, 5.74) is -0.448. The van der Waals surface area contributed by atoms with E-state index in [1.807, 2.05) is 0 Å². The van der Waals surface area contributed by atoms with E-state index in [0.717, 1.165) is 12.1 Å². The van der Waals surface area contributed by atoms with Crippen LogP contribution in [-0.2, 0) is 14.3 Å². The molecule has 204 valence electrons. The zero-order valence-electron chi connectivity index (χ0n) is 20.5. The van der Waals surface area contributed by atoms with Gasteiger partial charge in [0.1, 0.15) is 59.3 Å². The lowest BCUT2D eigenvalue weighted by Gasteiger charge is -2.40. The lowest BCUT2D eigenvalue weighted by atomic mass is 9.99. The Kier molecular flexibility index (Phi) is 7.78. The van der Waals surface area contributed by atoms with Crippen molar-refractivity contribution in [1.29, 1.82) is 0 Å². The number of phenols is 3. The van der Waals surface area contributed by atoms with Gasteiger partial charge in [0.15, 0.2) is 16.9 Å². The van der Waals surface area contributed by atoms with Gasteiger partial charge in [0, 0.05) is 23.8 Å². The van der Waals surface area contributed by atoms with Crippen molar-refractivity contribution in [1.82, 2.24) is 0 Å². The number of ether oxygens (including phenoxy) is 3. The lowest BCUT2D eigenvalue weighted by Crippen LogP contribution is -2.60. The highest BCUT2D eigenvalue weighted by molar-refractivity contribution is 5.86. The average molecular weight is 532 g/mol. The summed E-state index contributed by atoms with van der Waals surface area (Å²) in [5.74, 6) is -2.30.